The number of carbonyl (C=O) groups excluding carboxylic acids is 2. The summed E-state index contributed by atoms with van der Waals surface area (Å²) in [7, 11) is 0. The fourth-order valence-electron chi connectivity index (χ4n) is 3.40. The molecule has 0 radical (unpaired) electrons. The molecular formula is C21H32N2O2. The molecule has 1 N–H and O–H groups in total. The fourth-order valence-corrected chi connectivity index (χ4v) is 3.40. The third-order valence-electron chi connectivity index (χ3n) is 5.31. The van der Waals surface area contributed by atoms with E-state index in [4.69, 9.17) is 0 Å². The van der Waals surface area contributed by atoms with Gasteiger partial charge in [0.1, 0.15) is 0 Å². The van der Waals surface area contributed by atoms with Gasteiger partial charge in [-0.05, 0) is 49.3 Å². The number of amides is 2. The summed E-state index contributed by atoms with van der Waals surface area (Å²) in [5.41, 5.74) is 2.00. The third kappa shape index (κ3) is 5.07. The highest BCUT2D eigenvalue weighted by molar-refractivity contribution is 5.94. The maximum Gasteiger partial charge on any atom is 0.253 e. The van der Waals surface area contributed by atoms with Crippen molar-refractivity contribution in [3.05, 3.63) is 35.4 Å². The van der Waals surface area contributed by atoms with Gasteiger partial charge < -0.3 is 10.2 Å². The zero-order chi connectivity index (χ0) is 18.4. The summed E-state index contributed by atoms with van der Waals surface area (Å²) in [6, 6.07) is 8.14. The van der Waals surface area contributed by atoms with Crippen LogP contribution < -0.4 is 5.32 Å². The highest BCUT2D eigenvalue weighted by Crippen LogP contribution is 2.18. The number of likely N-dealkylation sites (tertiary alicyclic amines) is 1. The van der Waals surface area contributed by atoms with Crippen molar-refractivity contribution in [3.63, 3.8) is 0 Å². The monoisotopic (exact) mass is 344 g/mol. The predicted octanol–water partition coefficient (Wildman–Crippen LogP) is 3.97. The lowest BCUT2D eigenvalue weighted by Crippen LogP contribution is -2.47. The summed E-state index contributed by atoms with van der Waals surface area (Å²) in [5, 5.41) is 3.16. The topological polar surface area (TPSA) is 49.4 Å². The molecular weight excluding hydrogens is 312 g/mol. The summed E-state index contributed by atoms with van der Waals surface area (Å²) >= 11 is 0. The molecule has 0 atom stereocenters. The zero-order valence-corrected chi connectivity index (χ0v) is 16.0. The molecule has 25 heavy (non-hydrogen) atoms. The van der Waals surface area contributed by atoms with Gasteiger partial charge in [-0.1, -0.05) is 39.8 Å². The predicted molar refractivity (Wildman–Crippen MR) is 102 cm³/mol. The number of benzene rings is 1. The number of nitrogens with one attached hydrogen (secondary N) is 1. The van der Waals surface area contributed by atoms with Crippen molar-refractivity contribution >= 4 is 11.8 Å². The average Bonchev–Trinajstić information content (AvgIpc) is 2.63. The van der Waals surface area contributed by atoms with Gasteiger partial charge in [0, 0.05) is 30.6 Å². The van der Waals surface area contributed by atoms with Crippen LogP contribution in [-0.2, 0) is 4.79 Å². The molecule has 1 heterocycles. The van der Waals surface area contributed by atoms with Gasteiger partial charge in [-0.2, -0.15) is 0 Å². The molecule has 4 nitrogen and oxygen atoms in total. The summed E-state index contributed by atoms with van der Waals surface area (Å²) in [4.78, 5) is 26.8. The molecule has 0 spiro atoms. The van der Waals surface area contributed by atoms with Crippen LogP contribution in [0.1, 0.15) is 75.2 Å². The number of carbonyl (C=O) groups is 2. The minimum absolute atomic E-state index is 0.0973. The van der Waals surface area contributed by atoms with Crippen LogP contribution in [0.15, 0.2) is 24.3 Å². The molecule has 0 aliphatic carbocycles. The summed E-state index contributed by atoms with van der Waals surface area (Å²) in [6.07, 6.45) is 3.43. The zero-order valence-electron chi connectivity index (χ0n) is 16.0. The van der Waals surface area contributed by atoms with Crippen molar-refractivity contribution in [1.29, 1.82) is 0 Å². The van der Waals surface area contributed by atoms with Gasteiger partial charge in [0.05, 0.1) is 0 Å². The molecule has 4 heteroatoms. The number of hydrogen-bond acceptors (Lipinski definition) is 2. The first-order chi connectivity index (χ1) is 12.0. The van der Waals surface area contributed by atoms with Crippen molar-refractivity contribution in [3.8, 4) is 0 Å². The van der Waals surface area contributed by atoms with Crippen molar-refractivity contribution in [2.24, 2.45) is 5.92 Å². The van der Waals surface area contributed by atoms with Gasteiger partial charge in [0.25, 0.3) is 5.91 Å². The van der Waals surface area contributed by atoms with Crippen LogP contribution in [-0.4, -0.2) is 35.8 Å². The van der Waals surface area contributed by atoms with Crippen molar-refractivity contribution in [1.82, 2.24) is 10.2 Å². The molecule has 1 fully saturated rings. The molecule has 0 bridgehead atoms. The molecule has 1 aliphatic heterocycles. The van der Waals surface area contributed by atoms with E-state index in [1.54, 1.807) is 0 Å². The van der Waals surface area contributed by atoms with Crippen LogP contribution >= 0.6 is 0 Å². The van der Waals surface area contributed by atoms with E-state index in [1.165, 1.54) is 5.56 Å². The van der Waals surface area contributed by atoms with Gasteiger partial charge >= 0.3 is 0 Å². The van der Waals surface area contributed by atoms with E-state index in [0.717, 1.165) is 31.2 Å². The Labute approximate surface area is 152 Å². The number of rotatable bonds is 6. The summed E-state index contributed by atoms with van der Waals surface area (Å²) < 4.78 is 0. The molecule has 1 aliphatic rings. The van der Waals surface area contributed by atoms with Crippen LogP contribution in [0.5, 0.6) is 0 Å². The minimum Gasteiger partial charge on any atom is -0.353 e. The maximum atomic E-state index is 12.6. The first-order valence-corrected chi connectivity index (χ1v) is 9.65. The van der Waals surface area contributed by atoms with Crippen LogP contribution in [0.3, 0.4) is 0 Å². The highest BCUT2D eigenvalue weighted by Gasteiger charge is 2.26. The van der Waals surface area contributed by atoms with Crippen molar-refractivity contribution in [2.75, 3.05) is 13.1 Å². The molecule has 138 valence electrons. The molecule has 0 aromatic heterocycles. The first-order valence-electron chi connectivity index (χ1n) is 9.65. The van der Waals surface area contributed by atoms with Crippen LogP contribution in [0, 0.1) is 5.92 Å². The third-order valence-corrected chi connectivity index (χ3v) is 5.31. The second kappa shape index (κ2) is 9.02. The molecule has 0 saturated carbocycles. The molecule has 1 saturated heterocycles. The van der Waals surface area contributed by atoms with E-state index >= 15 is 0 Å². The standard InChI is InChI=1S/C21H32N2O2/c1-5-16(6-2)20(24)22-19-11-13-23(14-12-19)21(25)18-9-7-17(8-10-18)15(3)4/h7-10,15-16,19H,5-6,11-14H2,1-4H3,(H,22,24). The highest BCUT2D eigenvalue weighted by atomic mass is 16.2. The lowest BCUT2D eigenvalue weighted by molar-refractivity contribution is -0.126. The molecule has 2 rings (SSSR count). The van der Waals surface area contributed by atoms with Crippen LogP contribution in [0.2, 0.25) is 0 Å². The SMILES string of the molecule is CCC(CC)C(=O)NC1CCN(C(=O)c2ccc(C(C)C)cc2)CC1. The second-order valence-corrected chi connectivity index (χ2v) is 7.37. The Kier molecular flexibility index (Phi) is 7.03. The Balaban J connectivity index is 1.87. The van der Waals surface area contributed by atoms with Gasteiger partial charge in [0.15, 0.2) is 0 Å². The van der Waals surface area contributed by atoms with E-state index in [9.17, 15) is 9.59 Å². The van der Waals surface area contributed by atoms with Gasteiger partial charge in [-0.15, -0.1) is 0 Å². The number of piperidine rings is 1. The molecule has 1 aromatic rings. The largest absolute Gasteiger partial charge is 0.353 e. The Bertz CT molecular complexity index is 568. The lowest BCUT2D eigenvalue weighted by Gasteiger charge is -2.33. The Morgan fingerprint density at radius 2 is 1.64 bits per heavy atom. The van der Waals surface area contributed by atoms with Gasteiger partial charge in [-0.25, -0.2) is 0 Å². The second-order valence-electron chi connectivity index (χ2n) is 7.37. The smallest absolute Gasteiger partial charge is 0.253 e. The quantitative estimate of drug-likeness (QED) is 0.849. The van der Waals surface area contributed by atoms with Crippen LogP contribution in [0.4, 0.5) is 0 Å². The van der Waals surface area contributed by atoms with Gasteiger partial charge in [0.2, 0.25) is 5.91 Å². The number of nitrogens with zero attached hydrogens (tertiary/aromatic N) is 1. The normalized spacial score (nSPS) is 15.7. The van der Waals surface area contributed by atoms with E-state index in [0.29, 0.717) is 19.0 Å². The van der Waals surface area contributed by atoms with Crippen LogP contribution in [0.25, 0.3) is 0 Å². The molecule has 1 aromatic carbocycles. The van der Waals surface area contributed by atoms with E-state index in [-0.39, 0.29) is 23.8 Å². The average molecular weight is 344 g/mol. The maximum absolute atomic E-state index is 12.6. The Morgan fingerprint density at radius 3 is 2.12 bits per heavy atom. The van der Waals surface area contributed by atoms with Crippen molar-refractivity contribution in [2.45, 2.75) is 65.3 Å². The van der Waals surface area contributed by atoms with E-state index in [2.05, 4.69) is 33.0 Å². The number of hydrogen-bond donors (Lipinski definition) is 1. The lowest BCUT2D eigenvalue weighted by atomic mass is 9.99. The molecule has 0 unspecified atom stereocenters. The fraction of sp³-hybridized carbons (Fsp3) is 0.619. The minimum atomic E-state index is 0.0973. The van der Waals surface area contributed by atoms with Gasteiger partial charge in [-0.3, -0.25) is 9.59 Å². The molecule has 2 amide bonds. The summed E-state index contributed by atoms with van der Waals surface area (Å²) in [6.45, 7) is 9.82. The Morgan fingerprint density at radius 1 is 1.08 bits per heavy atom. The summed E-state index contributed by atoms with van der Waals surface area (Å²) in [5.74, 6) is 0.844. The first kappa shape index (κ1) is 19.5. The van der Waals surface area contributed by atoms with E-state index < -0.39 is 0 Å². The Hall–Kier alpha value is -1.84. The van der Waals surface area contributed by atoms with E-state index in [1.807, 2.05) is 29.2 Å². The van der Waals surface area contributed by atoms with Crippen molar-refractivity contribution < 1.29 is 9.59 Å².